The quantitative estimate of drug-likeness (QED) is 0.840. The lowest BCUT2D eigenvalue weighted by atomic mass is 10.0. The van der Waals surface area contributed by atoms with Crippen molar-refractivity contribution in [2.24, 2.45) is 0 Å². The third-order valence-electron chi connectivity index (χ3n) is 3.92. The molecule has 1 heterocycles. The summed E-state index contributed by atoms with van der Waals surface area (Å²) in [4.78, 5) is 4.18. The molecule has 0 N–H and O–H groups in total. The molecule has 0 bridgehead atoms. The van der Waals surface area contributed by atoms with Crippen molar-refractivity contribution in [3.63, 3.8) is 0 Å². The Morgan fingerprint density at radius 1 is 1.33 bits per heavy atom. The van der Waals surface area contributed by atoms with Crippen molar-refractivity contribution >= 4 is 5.69 Å². The van der Waals surface area contributed by atoms with Gasteiger partial charge in [-0.3, -0.25) is 0 Å². The SMILES string of the molecule is CN(C)C1CCCN(c2ccc(C(F)(F)F)c(C#N)c2)C1. The van der Waals surface area contributed by atoms with Crippen molar-refractivity contribution in [3.05, 3.63) is 29.3 Å². The molecule has 6 heteroatoms. The van der Waals surface area contributed by atoms with Crippen LogP contribution in [0.2, 0.25) is 0 Å². The van der Waals surface area contributed by atoms with Gasteiger partial charge in [0.15, 0.2) is 0 Å². The predicted octanol–water partition coefficient (Wildman–Crippen LogP) is 3.11. The second-order valence-corrected chi connectivity index (χ2v) is 5.55. The Bertz CT molecular complexity index is 546. The molecule has 21 heavy (non-hydrogen) atoms. The Hall–Kier alpha value is -1.74. The molecule has 1 atom stereocenters. The van der Waals surface area contributed by atoms with Crippen LogP contribution in [0.4, 0.5) is 18.9 Å². The maximum Gasteiger partial charge on any atom is 0.417 e. The summed E-state index contributed by atoms with van der Waals surface area (Å²) < 4.78 is 38.4. The van der Waals surface area contributed by atoms with Crippen molar-refractivity contribution in [2.75, 3.05) is 32.1 Å². The molecule has 0 amide bonds. The molecule has 0 spiro atoms. The number of nitrogens with zero attached hydrogens (tertiary/aromatic N) is 3. The largest absolute Gasteiger partial charge is 0.417 e. The minimum atomic E-state index is -4.49. The third-order valence-corrected chi connectivity index (χ3v) is 3.92. The van der Waals surface area contributed by atoms with Gasteiger partial charge in [-0.1, -0.05) is 0 Å². The van der Waals surface area contributed by atoms with Gasteiger partial charge in [0.1, 0.15) is 0 Å². The summed E-state index contributed by atoms with van der Waals surface area (Å²) in [6.45, 7) is 1.57. The molecule has 3 nitrogen and oxygen atoms in total. The fourth-order valence-electron chi connectivity index (χ4n) is 2.68. The average Bonchev–Trinajstić information content (AvgIpc) is 2.45. The fourth-order valence-corrected chi connectivity index (χ4v) is 2.68. The number of hydrogen-bond donors (Lipinski definition) is 0. The maximum absolute atomic E-state index is 12.8. The van der Waals surface area contributed by atoms with E-state index in [1.54, 1.807) is 6.07 Å². The smallest absolute Gasteiger partial charge is 0.370 e. The van der Waals surface area contributed by atoms with E-state index in [1.165, 1.54) is 12.1 Å². The van der Waals surface area contributed by atoms with Crippen molar-refractivity contribution < 1.29 is 13.2 Å². The Morgan fingerprint density at radius 3 is 2.62 bits per heavy atom. The summed E-state index contributed by atoms with van der Waals surface area (Å²) in [6.07, 6.45) is -2.42. The van der Waals surface area contributed by atoms with Gasteiger partial charge < -0.3 is 9.80 Å². The summed E-state index contributed by atoms with van der Waals surface area (Å²) in [6, 6.07) is 5.85. The van der Waals surface area contributed by atoms with E-state index in [9.17, 15) is 13.2 Å². The van der Waals surface area contributed by atoms with Crippen LogP contribution in [-0.2, 0) is 6.18 Å². The van der Waals surface area contributed by atoms with Crippen molar-refractivity contribution in [2.45, 2.75) is 25.1 Å². The Kier molecular flexibility index (Phi) is 4.43. The van der Waals surface area contributed by atoms with E-state index in [0.29, 0.717) is 11.7 Å². The van der Waals surface area contributed by atoms with Gasteiger partial charge in [-0.15, -0.1) is 0 Å². The first-order chi connectivity index (χ1) is 9.82. The lowest BCUT2D eigenvalue weighted by Crippen LogP contribution is -2.45. The van der Waals surface area contributed by atoms with E-state index < -0.39 is 11.7 Å². The summed E-state index contributed by atoms with van der Waals surface area (Å²) >= 11 is 0. The van der Waals surface area contributed by atoms with Crippen LogP contribution in [0.1, 0.15) is 24.0 Å². The number of likely N-dealkylation sites (N-methyl/N-ethyl adjacent to an activating group) is 1. The van der Waals surface area contributed by atoms with Gasteiger partial charge in [0, 0.05) is 24.8 Å². The van der Waals surface area contributed by atoms with Crippen LogP contribution in [-0.4, -0.2) is 38.1 Å². The Labute approximate surface area is 122 Å². The zero-order valence-electron chi connectivity index (χ0n) is 12.1. The monoisotopic (exact) mass is 297 g/mol. The van der Waals surface area contributed by atoms with E-state index in [2.05, 4.69) is 9.80 Å². The highest BCUT2D eigenvalue weighted by molar-refractivity contribution is 5.55. The van der Waals surface area contributed by atoms with Gasteiger partial charge >= 0.3 is 6.18 Å². The van der Waals surface area contributed by atoms with Crippen LogP contribution in [0.25, 0.3) is 0 Å². The predicted molar refractivity (Wildman–Crippen MR) is 75.1 cm³/mol. The molecule has 1 aliphatic rings. The maximum atomic E-state index is 12.8. The normalized spacial score (nSPS) is 19.7. The molecule has 1 saturated heterocycles. The second-order valence-electron chi connectivity index (χ2n) is 5.55. The molecule has 0 radical (unpaired) electrons. The van der Waals surface area contributed by atoms with Crippen LogP contribution in [0, 0.1) is 11.3 Å². The number of hydrogen-bond acceptors (Lipinski definition) is 3. The molecule has 0 aliphatic carbocycles. The van der Waals surface area contributed by atoms with Crippen LogP contribution in [0.15, 0.2) is 18.2 Å². The zero-order chi connectivity index (χ0) is 15.6. The highest BCUT2D eigenvalue weighted by Crippen LogP contribution is 2.34. The number of nitriles is 1. The van der Waals surface area contributed by atoms with Crippen LogP contribution >= 0.6 is 0 Å². The second kappa shape index (κ2) is 5.94. The standard InChI is InChI=1S/C15H18F3N3/c1-20(2)13-4-3-7-21(10-13)12-5-6-14(15(16,17)18)11(8-12)9-19/h5-6,8,13H,3-4,7,10H2,1-2H3. The van der Waals surface area contributed by atoms with E-state index in [-0.39, 0.29) is 5.56 Å². The molecule has 1 unspecified atom stereocenters. The minimum absolute atomic E-state index is 0.313. The van der Waals surface area contributed by atoms with Gasteiger partial charge in [-0.25, -0.2) is 0 Å². The molecule has 1 aromatic rings. The molecular weight excluding hydrogens is 279 g/mol. The molecule has 1 fully saturated rings. The summed E-state index contributed by atoms with van der Waals surface area (Å²) in [5.74, 6) is 0. The molecular formula is C15H18F3N3. The van der Waals surface area contributed by atoms with E-state index in [0.717, 1.165) is 32.0 Å². The van der Waals surface area contributed by atoms with Crippen molar-refractivity contribution in [1.82, 2.24) is 4.90 Å². The zero-order valence-corrected chi connectivity index (χ0v) is 12.1. The van der Waals surface area contributed by atoms with Crippen LogP contribution < -0.4 is 4.90 Å². The van der Waals surface area contributed by atoms with Crippen LogP contribution in [0.3, 0.4) is 0 Å². The summed E-state index contributed by atoms with van der Waals surface area (Å²) in [5, 5.41) is 8.97. The number of rotatable bonds is 2. The Morgan fingerprint density at radius 2 is 2.05 bits per heavy atom. The highest BCUT2D eigenvalue weighted by Gasteiger charge is 2.34. The van der Waals surface area contributed by atoms with Crippen molar-refractivity contribution in [3.8, 4) is 6.07 Å². The average molecular weight is 297 g/mol. The van der Waals surface area contributed by atoms with Gasteiger partial charge in [-0.2, -0.15) is 18.4 Å². The summed E-state index contributed by atoms with van der Waals surface area (Å²) in [7, 11) is 4.00. The molecule has 1 aliphatic heterocycles. The Balaban J connectivity index is 2.27. The first-order valence-electron chi connectivity index (χ1n) is 6.85. The number of alkyl halides is 3. The topological polar surface area (TPSA) is 30.3 Å². The van der Waals surface area contributed by atoms with E-state index >= 15 is 0 Å². The van der Waals surface area contributed by atoms with Crippen molar-refractivity contribution in [1.29, 1.82) is 5.26 Å². The first-order valence-corrected chi connectivity index (χ1v) is 6.85. The summed E-state index contributed by atoms with van der Waals surface area (Å²) in [5.41, 5.74) is -0.493. The van der Waals surface area contributed by atoms with Gasteiger partial charge in [0.25, 0.3) is 0 Å². The third kappa shape index (κ3) is 3.48. The molecule has 0 aromatic heterocycles. The molecule has 0 saturated carbocycles. The molecule has 2 rings (SSSR count). The number of piperidine rings is 1. The number of anilines is 1. The van der Waals surface area contributed by atoms with Gasteiger partial charge in [0.05, 0.1) is 17.2 Å². The molecule has 1 aromatic carbocycles. The number of halogens is 3. The fraction of sp³-hybridized carbons (Fsp3) is 0.533. The van der Waals surface area contributed by atoms with Gasteiger partial charge in [-0.05, 0) is 45.1 Å². The first kappa shape index (κ1) is 15.6. The van der Waals surface area contributed by atoms with E-state index in [4.69, 9.17) is 5.26 Å². The van der Waals surface area contributed by atoms with Gasteiger partial charge in [0.2, 0.25) is 0 Å². The highest BCUT2D eigenvalue weighted by atomic mass is 19.4. The number of benzene rings is 1. The molecule has 114 valence electrons. The lowest BCUT2D eigenvalue weighted by molar-refractivity contribution is -0.137. The minimum Gasteiger partial charge on any atom is -0.370 e. The van der Waals surface area contributed by atoms with Crippen LogP contribution in [0.5, 0.6) is 0 Å². The lowest BCUT2D eigenvalue weighted by Gasteiger charge is -2.37. The van der Waals surface area contributed by atoms with E-state index in [1.807, 2.05) is 14.1 Å².